The zero-order valence-electron chi connectivity index (χ0n) is 9.57. The number of nitrogens with zero attached hydrogens (tertiary/aromatic N) is 1. The first-order valence-electron chi connectivity index (χ1n) is 5.41. The summed E-state index contributed by atoms with van der Waals surface area (Å²) in [6.45, 7) is 0.426. The van der Waals surface area contributed by atoms with Crippen LogP contribution in [0, 0.1) is 0 Å². The van der Waals surface area contributed by atoms with Crippen molar-refractivity contribution in [1.29, 1.82) is 0 Å². The van der Waals surface area contributed by atoms with Crippen molar-refractivity contribution >= 4 is 35.0 Å². The van der Waals surface area contributed by atoms with Gasteiger partial charge in [-0.15, -0.1) is 11.8 Å². The lowest BCUT2D eigenvalue weighted by Gasteiger charge is -2.06. The van der Waals surface area contributed by atoms with Gasteiger partial charge in [0.2, 0.25) is 0 Å². The van der Waals surface area contributed by atoms with Crippen LogP contribution in [0.4, 0.5) is 0 Å². The second kappa shape index (κ2) is 6.43. The van der Waals surface area contributed by atoms with Gasteiger partial charge in [0.1, 0.15) is 5.03 Å². The molecule has 0 saturated carbocycles. The Balaban J connectivity index is 2.08. The summed E-state index contributed by atoms with van der Waals surface area (Å²) in [7, 11) is 0. The molecule has 2 nitrogen and oxygen atoms in total. The Morgan fingerprint density at radius 3 is 2.50 bits per heavy atom. The van der Waals surface area contributed by atoms with Crippen LogP contribution < -0.4 is 5.73 Å². The summed E-state index contributed by atoms with van der Waals surface area (Å²) >= 11 is 13.6. The molecule has 2 N–H and O–H groups in total. The van der Waals surface area contributed by atoms with Crippen LogP contribution in [0.25, 0.3) is 0 Å². The zero-order valence-corrected chi connectivity index (χ0v) is 11.9. The minimum atomic E-state index is 0.426. The molecule has 2 aromatic rings. The fourth-order valence-electron chi connectivity index (χ4n) is 1.45. The third-order valence-corrected chi connectivity index (χ3v) is 4.29. The highest BCUT2D eigenvalue weighted by molar-refractivity contribution is 7.98. The molecule has 0 spiro atoms. The van der Waals surface area contributed by atoms with Gasteiger partial charge in [-0.25, -0.2) is 4.98 Å². The van der Waals surface area contributed by atoms with Gasteiger partial charge < -0.3 is 5.73 Å². The van der Waals surface area contributed by atoms with E-state index in [1.807, 2.05) is 30.3 Å². The van der Waals surface area contributed by atoms with E-state index < -0.39 is 0 Å². The minimum absolute atomic E-state index is 0.426. The largest absolute Gasteiger partial charge is 0.326 e. The summed E-state index contributed by atoms with van der Waals surface area (Å²) in [6.07, 6.45) is 1.73. The lowest BCUT2D eigenvalue weighted by Crippen LogP contribution is -1.98. The number of nitrogens with two attached hydrogens (primary N) is 1. The van der Waals surface area contributed by atoms with Crippen molar-refractivity contribution in [2.75, 3.05) is 0 Å². The van der Waals surface area contributed by atoms with E-state index in [2.05, 4.69) is 4.98 Å². The van der Waals surface area contributed by atoms with Gasteiger partial charge in [-0.1, -0.05) is 35.3 Å². The first-order valence-corrected chi connectivity index (χ1v) is 7.15. The molecule has 18 heavy (non-hydrogen) atoms. The van der Waals surface area contributed by atoms with Crippen LogP contribution in [0.3, 0.4) is 0 Å². The van der Waals surface area contributed by atoms with Crippen LogP contribution >= 0.6 is 35.0 Å². The number of aromatic nitrogens is 1. The van der Waals surface area contributed by atoms with Crippen molar-refractivity contribution < 1.29 is 0 Å². The van der Waals surface area contributed by atoms with Crippen LogP contribution in [0.5, 0.6) is 0 Å². The molecule has 0 aliphatic carbocycles. The van der Waals surface area contributed by atoms with E-state index in [1.54, 1.807) is 18.0 Å². The van der Waals surface area contributed by atoms with Crippen LogP contribution in [0.1, 0.15) is 11.1 Å². The molecule has 0 aliphatic rings. The molecule has 0 amide bonds. The smallest absolute Gasteiger partial charge is 0.115 e. The minimum Gasteiger partial charge on any atom is -0.326 e. The molecule has 0 fully saturated rings. The highest BCUT2D eigenvalue weighted by atomic mass is 35.5. The van der Waals surface area contributed by atoms with Gasteiger partial charge in [0.15, 0.2) is 0 Å². The first-order chi connectivity index (χ1) is 8.70. The standard InChI is InChI=1S/C13H12Cl2N2S/c14-11-3-1-9(2-4-11)8-18-13-12(15)10(7-16)5-6-17-13/h1-6H,7-8,16H2. The third kappa shape index (κ3) is 3.39. The fraction of sp³-hybridized carbons (Fsp3) is 0.154. The Labute approximate surface area is 121 Å². The SMILES string of the molecule is NCc1ccnc(SCc2ccc(Cl)cc2)c1Cl. The van der Waals surface area contributed by atoms with Crippen molar-refractivity contribution in [3.05, 3.63) is 57.7 Å². The molecule has 0 radical (unpaired) electrons. The van der Waals surface area contributed by atoms with Gasteiger partial charge in [-0.2, -0.15) is 0 Å². The molecular weight excluding hydrogens is 287 g/mol. The van der Waals surface area contributed by atoms with Gasteiger partial charge in [-0.3, -0.25) is 0 Å². The maximum atomic E-state index is 6.22. The van der Waals surface area contributed by atoms with Gasteiger partial charge in [0, 0.05) is 23.5 Å². The molecule has 0 aliphatic heterocycles. The van der Waals surface area contributed by atoms with E-state index in [0.717, 1.165) is 21.4 Å². The molecule has 5 heteroatoms. The number of thioether (sulfide) groups is 1. The quantitative estimate of drug-likeness (QED) is 0.862. The Hall–Kier alpha value is -0.740. The lowest BCUT2D eigenvalue weighted by molar-refractivity contribution is 1.02. The molecule has 0 bridgehead atoms. The van der Waals surface area contributed by atoms with E-state index in [1.165, 1.54) is 5.56 Å². The molecule has 0 unspecified atom stereocenters. The summed E-state index contributed by atoms with van der Waals surface area (Å²) in [5.74, 6) is 0.803. The highest BCUT2D eigenvalue weighted by Gasteiger charge is 2.07. The van der Waals surface area contributed by atoms with E-state index in [-0.39, 0.29) is 0 Å². The normalized spacial score (nSPS) is 10.6. The van der Waals surface area contributed by atoms with Crippen LogP contribution in [-0.2, 0) is 12.3 Å². The Morgan fingerprint density at radius 1 is 1.11 bits per heavy atom. The Bertz CT molecular complexity index is 529. The highest BCUT2D eigenvalue weighted by Crippen LogP contribution is 2.30. The summed E-state index contributed by atoms with van der Waals surface area (Å²) in [4.78, 5) is 4.27. The molecule has 94 valence electrons. The predicted octanol–water partition coefficient (Wildman–Crippen LogP) is 4.14. The average Bonchev–Trinajstić information content (AvgIpc) is 2.39. The summed E-state index contributed by atoms with van der Waals surface area (Å²) in [6, 6.07) is 9.59. The lowest BCUT2D eigenvalue weighted by atomic mass is 10.2. The average molecular weight is 299 g/mol. The van der Waals surface area contributed by atoms with Crippen molar-refractivity contribution in [1.82, 2.24) is 4.98 Å². The molecule has 1 aromatic heterocycles. The summed E-state index contributed by atoms with van der Waals surface area (Å²) < 4.78 is 0. The van der Waals surface area contributed by atoms with Crippen molar-refractivity contribution in [3.8, 4) is 0 Å². The fourth-order valence-corrected chi connectivity index (χ4v) is 2.82. The number of hydrogen-bond acceptors (Lipinski definition) is 3. The second-order valence-electron chi connectivity index (χ2n) is 3.71. The zero-order chi connectivity index (χ0) is 13.0. The number of rotatable bonds is 4. The maximum Gasteiger partial charge on any atom is 0.115 e. The predicted molar refractivity (Wildman–Crippen MR) is 78.2 cm³/mol. The van der Waals surface area contributed by atoms with E-state index in [0.29, 0.717) is 11.6 Å². The van der Waals surface area contributed by atoms with Crippen molar-refractivity contribution in [2.45, 2.75) is 17.3 Å². The van der Waals surface area contributed by atoms with Crippen molar-refractivity contribution in [2.24, 2.45) is 5.73 Å². The molecule has 0 atom stereocenters. The maximum absolute atomic E-state index is 6.22. The van der Waals surface area contributed by atoms with E-state index in [4.69, 9.17) is 28.9 Å². The molecule has 2 rings (SSSR count). The monoisotopic (exact) mass is 298 g/mol. The Kier molecular flexibility index (Phi) is 4.89. The van der Waals surface area contributed by atoms with Crippen LogP contribution in [-0.4, -0.2) is 4.98 Å². The van der Waals surface area contributed by atoms with Gasteiger partial charge in [-0.05, 0) is 29.3 Å². The molecular formula is C13H12Cl2N2S. The van der Waals surface area contributed by atoms with Crippen LogP contribution in [0.15, 0.2) is 41.6 Å². The third-order valence-electron chi connectivity index (χ3n) is 2.45. The van der Waals surface area contributed by atoms with Gasteiger partial charge >= 0.3 is 0 Å². The number of hydrogen-bond donors (Lipinski definition) is 1. The number of halogens is 2. The summed E-state index contributed by atoms with van der Waals surface area (Å²) in [5, 5.41) is 2.21. The second-order valence-corrected chi connectivity index (χ2v) is 5.49. The Morgan fingerprint density at radius 2 is 1.83 bits per heavy atom. The number of pyridine rings is 1. The van der Waals surface area contributed by atoms with Gasteiger partial charge in [0.25, 0.3) is 0 Å². The summed E-state index contributed by atoms with van der Waals surface area (Å²) in [5.41, 5.74) is 7.71. The molecule has 1 aromatic carbocycles. The molecule has 1 heterocycles. The first kappa shape index (κ1) is 13.7. The van der Waals surface area contributed by atoms with Crippen molar-refractivity contribution in [3.63, 3.8) is 0 Å². The van der Waals surface area contributed by atoms with Gasteiger partial charge in [0.05, 0.1) is 5.02 Å². The van der Waals surface area contributed by atoms with E-state index >= 15 is 0 Å². The topological polar surface area (TPSA) is 38.9 Å². The van der Waals surface area contributed by atoms with Crippen LogP contribution in [0.2, 0.25) is 10.0 Å². The van der Waals surface area contributed by atoms with E-state index in [9.17, 15) is 0 Å². The molecule has 0 saturated heterocycles. The number of benzene rings is 1.